The predicted molar refractivity (Wildman–Crippen MR) is 78.4 cm³/mol. The second-order valence-electron chi connectivity index (χ2n) is 4.37. The van der Waals surface area contributed by atoms with E-state index < -0.39 is 10.7 Å². The fraction of sp³-hybridized carbons (Fsp3) is 0.538. The van der Waals surface area contributed by atoms with Crippen LogP contribution in [0.25, 0.3) is 0 Å². The van der Waals surface area contributed by atoms with Crippen LogP contribution in [0, 0.1) is 15.9 Å². The number of nitrogens with one attached hydrogen (secondary N) is 1. The van der Waals surface area contributed by atoms with Crippen LogP contribution < -0.4 is 5.32 Å². The van der Waals surface area contributed by atoms with Crippen molar-refractivity contribution in [3.63, 3.8) is 0 Å². The highest BCUT2D eigenvalue weighted by Crippen LogP contribution is 2.32. The van der Waals surface area contributed by atoms with Crippen molar-refractivity contribution in [3.05, 3.63) is 34.1 Å². The molecule has 0 spiro atoms. The van der Waals surface area contributed by atoms with Gasteiger partial charge in [-0.2, -0.15) is 11.8 Å². The molecule has 1 aromatic rings. The van der Waals surface area contributed by atoms with E-state index in [1.807, 2.05) is 6.26 Å². The van der Waals surface area contributed by atoms with Gasteiger partial charge in [0.05, 0.1) is 11.0 Å². The smallest absolute Gasteiger partial charge is 0.295 e. The van der Waals surface area contributed by atoms with Crippen LogP contribution in [0.3, 0.4) is 0 Å². The maximum Gasteiger partial charge on any atom is 0.295 e. The van der Waals surface area contributed by atoms with Gasteiger partial charge in [-0.15, -0.1) is 0 Å². The average Bonchev–Trinajstić information content (AvgIpc) is 2.42. The summed E-state index contributed by atoms with van der Waals surface area (Å²) >= 11 is 1.75. The number of thioether (sulfide) groups is 1. The van der Waals surface area contributed by atoms with Gasteiger partial charge in [-0.05, 0) is 31.2 Å². The quantitative estimate of drug-likeness (QED) is 0.606. The molecule has 0 unspecified atom stereocenters. The summed E-state index contributed by atoms with van der Waals surface area (Å²) in [5.74, 6) is -0.598. The minimum absolute atomic E-state index is 0.0439. The number of rotatable bonds is 7. The maximum atomic E-state index is 13.0. The number of nitro groups is 1. The van der Waals surface area contributed by atoms with E-state index in [2.05, 4.69) is 19.2 Å². The second kappa shape index (κ2) is 6.75. The van der Waals surface area contributed by atoms with Gasteiger partial charge in [-0.3, -0.25) is 10.1 Å². The zero-order chi connectivity index (χ0) is 14.5. The summed E-state index contributed by atoms with van der Waals surface area (Å²) in [4.78, 5) is 10.3. The summed E-state index contributed by atoms with van der Waals surface area (Å²) in [5.41, 5.74) is 0.147. The molecule has 0 heterocycles. The van der Waals surface area contributed by atoms with Crippen molar-refractivity contribution in [1.82, 2.24) is 0 Å². The molecule has 106 valence electrons. The van der Waals surface area contributed by atoms with Gasteiger partial charge in [0.25, 0.3) is 5.69 Å². The van der Waals surface area contributed by atoms with Crippen LogP contribution >= 0.6 is 11.8 Å². The average molecular weight is 286 g/mol. The first-order chi connectivity index (χ1) is 8.98. The van der Waals surface area contributed by atoms with E-state index in [4.69, 9.17) is 0 Å². The molecule has 0 aliphatic heterocycles. The number of hydrogen-bond acceptors (Lipinski definition) is 4. The highest BCUT2D eigenvalue weighted by atomic mass is 32.2. The van der Waals surface area contributed by atoms with Crippen LogP contribution in [0.2, 0.25) is 0 Å². The first-order valence-corrected chi connectivity index (χ1v) is 7.43. The molecule has 1 aromatic carbocycles. The molecular weight excluding hydrogens is 267 g/mol. The second-order valence-corrected chi connectivity index (χ2v) is 5.64. The van der Waals surface area contributed by atoms with Crippen molar-refractivity contribution in [1.29, 1.82) is 0 Å². The van der Waals surface area contributed by atoms with Crippen molar-refractivity contribution in [2.24, 2.45) is 0 Å². The van der Waals surface area contributed by atoms with Crippen molar-refractivity contribution >= 4 is 23.1 Å². The summed E-state index contributed by atoms with van der Waals surface area (Å²) in [6.07, 6.45) is 3.97. The Bertz CT molecular complexity index is 442. The summed E-state index contributed by atoms with van der Waals surface area (Å²) < 4.78 is 13.1. The first-order valence-electron chi connectivity index (χ1n) is 6.21. The number of hydrogen-bond donors (Lipinski definition) is 1. The maximum absolute atomic E-state index is 13.0. The Labute approximate surface area is 116 Å². The lowest BCUT2D eigenvalue weighted by Crippen LogP contribution is -2.32. The lowest BCUT2D eigenvalue weighted by molar-refractivity contribution is -0.384. The third-order valence-corrected chi connectivity index (χ3v) is 5.07. The Hall–Kier alpha value is -1.30. The molecule has 0 saturated carbocycles. The molecule has 0 amide bonds. The Morgan fingerprint density at radius 3 is 2.53 bits per heavy atom. The van der Waals surface area contributed by atoms with Crippen LogP contribution in [0.15, 0.2) is 18.2 Å². The molecule has 0 atom stereocenters. The largest absolute Gasteiger partial charge is 0.378 e. The molecule has 0 saturated heterocycles. The van der Waals surface area contributed by atoms with E-state index in [1.165, 1.54) is 12.1 Å². The number of benzene rings is 1. The third kappa shape index (κ3) is 3.83. The fourth-order valence-electron chi connectivity index (χ4n) is 1.92. The highest BCUT2D eigenvalue weighted by Gasteiger charge is 2.26. The number of nitrogens with zero attached hydrogens (tertiary/aromatic N) is 1. The fourth-order valence-corrected chi connectivity index (χ4v) is 2.72. The lowest BCUT2D eigenvalue weighted by Gasteiger charge is -2.30. The van der Waals surface area contributed by atoms with Gasteiger partial charge < -0.3 is 5.32 Å². The van der Waals surface area contributed by atoms with Crippen molar-refractivity contribution < 1.29 is 9.31 Å². The van der Waals surface area contributed by atoms with E-state index in [0.29, 0.717) is 12.2 Å². The summed E-state index contributed by atoms with van der Waals surface area (Å²) in [6, 6.07) is 3.60. The molecule has 1 N–H and O–H groups in total. The van der Waals surface area contributed by atoms with Crippen molar-refractivity contribution in [2.75, 3.05) is 18.1 Å². The van der Waals surface area contributed by atoms with E-state index in [1.54, 1.807) is 11.8 Å². The van der Waals surface area contributed by atoms with Crippen LogP contribution in [-0.2, 0) is 0 Å². The van der Waals surface area contributed by atoms with Gasteiger partial charge in [0.1, 0.15) is 11.5 Å². The van der Waals surface area contributed by atoms with Gasteiger partial charge >= 0.3 is 0 Å². The molecule has 4 nitrogen and oxygen atoms in total. The molecule has 0 fully saturated rings. The van der Waals surface area contributed by atoms with Crippen molar-refractivity contribution in [2.45, 2.75) is 31.4 Å². The van der Waals surface area contributed by atoms with E-state index >= 15 is 0 Å². The van der Waals surface area contributed by atoms with Crippen LogP contribution in [-0.4, -0.2) is 22.5 Å². The molecule has 1 rings (SSSR count). The number of nitro benzene ring substituents is 1. The summed E-state index contributed by atoms with van der Waals surface area (Å²) in [5, 5.41) is 14.0. The third-order valence-electron chi connectivity index (χ3n) is 3.48. The van der Waals surface area contributed by atoms with Gasteiger partial charge in [0, 0.05) is 11.3 Å². The van der Waals surface area contributed by atoms with E-state index in [0.717, 1.165) is 18.9 Å². The molecule has 6 heteroatoms. The van der Waals surface area contributed by atoms with Gasteiger partial charge in [-0.1, -0.05) is 13.8 Å². The summed E-state index contributed by atoms with van der Waals surface area (Å²) in [7, 11) is 0. The zero-order valence-electron chi connectivity index (χ0n) is 11.4. The normalized spacial score (nSPS) is 11.4. The molecule has 19 heavy (non-hydrogen) atoms. The molecule has 0 aliphatic carbocycles. The summed E-state index contributed by atoms with van der Waals surface area (Å²) in [6.45, 7) is 4.81. The van der Waals surface area contributed by atoms with Crippen LogP contribution in [0.4, 0.5) is 15.8 Å². The molecule has 0 aromatic heterocycles. The van der Waals surface area contributed by atoms with Gasteiger partial charge in [-0.25, -0.2) is 4.39 Å². The highest BCUT2D eigenvalue weighted by molar-refractivity contribution is 8.00. The number of halogens is 1. The SMILES string of the molecule is CCC(CC)(CNc1ccc(F)cc1[N+](=O)[O-])SC. The Balaban J connectivity index is 2.91. The van der Waals surface area contributed by atoms with E-state index in [-0.39, 0.29) is 10.4 Å². The minimum Gasteiger partial charge on any atom is -0.378 e. The zero-order valence-corrected chi connectivity index (χ0v) is 12.2. The van der Waals surface area contributed by atoms with Gasteiger partial charge in [0.15, 0.2) is 0 Å². The first kappa shape index (κ1) is 15.8. The predicted octanol–water partition coefficient (Wildman–Crippen LogP) is 4.07. The Kier molecular flexibility index (Phi) is 5.60. The van der Waals surface area contributed by atoms with Crippen LogP contribution in [0.1, 0.15) is 26.7 Å². The Morgan fingerprint density at radius 1 is 1.42 bits per heavy atom. The number of anilines is 1. The lowest BCUT2D eigenvalue weighted by atomic mass is 10.0. The molecular formula is C13H19FN2O2S. The van der Waals surface area contributed by atoms with Crippen molar-refractivity contribution in [3.8, 4) is 0 Å². The molecule has 0 bridgehead atoms. The van der Waals surface area contributed by atoms with Gasteiger partial charge in [0.2, 0.25) is 0 Å². The van der Waals surface area contributed by atoms with E-state index in [9.17, 15) is 14.5 Å². The monoisotopic (exact) mass is 286 g/mol. The molecule has 0 radical (unpaired) electrons. The minimum atomic E-state index is -0.598. The Morgan fingerprint density at radius 2 is 2.05 bits per heavy atom. The standard InChI is InChI=1S/C13H19FN2O2S/c1-4-13(5-2,19-3)9-15-11-7-6-10(14)8-12(11)16(17)18/h6-8,15H,4-5,9H2,1-3H3. The van der Waals surface area contributed by atoms with Crippen LogP contribution in [0.5, 0.6) is 0 Å². The molecule has 0 aliphatic rings. The topological polar surface area (TPSA) is 55.2 Å².